The van der Waals surface area contributed by atoms with Gasteiger partial charge >= 0.3 is 0 Å². The summed E-state index contributed by atoms with van der Waals surface area (Å²) in [6.07, 6.45) is 5.36. The molecule has 0 aromatic rings. The van der Waals surface area contributed by atoms with Crippen molar-refractivity contribution in [3.63, 3.8) is 0 Å². The van der Waals surface area contributed by atoms with Crippen LogP contribution in [0.25, 0.3) is 0 Å². The zero-order valence-corrected chi connectivity index (χ0v) is 10.8. The Morgan fingerprint density at radius 3 is 2.07 bits per heavy atom. The van der Waals surface area contributed by atoms with Crippen LogP contribution >= 0.6 is 0 Å². The van der Waals surface area contributed by atoms with Crippen LogP contribution in [-0.4, -0.2) is 19.4 Å². The van der Waals surface area contributed by atoms with E-state index in [9.17, 15) is 4.79 Å². The Bertz CT molecular complexity index is 160. The van der Waals surface area contributed by atoms with Gasteiger partial charge in [-0.25, -0.2) is 0 Å². The normalized spacial score (nSPS) is 12.1. The van der Waals surface area contributed by atoms with Gasteiger partial charge in [0, 0.05) is 12.0 Å². The van der Waals surface area contributed by atoms with Gasteiger partial charge in [0.1, 0.15) is 6.29 Å². The Kier molecular flexibility index (Phi) is 7.67. The first-order valence-electron chi connectivity index (χ1n) is 6.27. The summed E-state index contributed by atoms with van der Waals surface area (Å²) < 4.78 is 0. The Hall–Kier alpha value is -0.370. The van der Waals surface area contributed by atoms with Gasteiger partial charge < -0.3 is 10.1 Å². The lowest BCUT2D eigenvalue weighted by Gasteiger charge is -2.28. The summed E-state index contributed by atoms with van der Waals surface area (Å²) in [7, 11) is 0. The minimum absolute atomic E-state index is 0.113. The number of nitrogens with one attached hydrogen (secondary N) is 1. The average molecular weight is 213 g/mol. The first kappa shape index (κ1) is 14.6. The third-order valence-corrected chi connectivity index (χ3v) is 2.78. The van der Waals surface area contributed by atoms with Gasteiger partial charge in [-0.3, -0.25) is 0 Å². The highest BCUT2D eigenvalue weighted by Gasteiger charge is 2.27. The quantitative estimate of drug-likeness (QED) is 0.597. The highest BCUT2D eigenvalue weighted by molar-refractivity contribution is 5.59. The van der Waals surface area contributed by atoms with Gasteiger partial charge in [0.15, 0.2) is 0 Å². The Balaban J connectivity index is 4.14. The summed E-state index contributed by atoms with van der Waals surface area (Å²) in [5, 5.41) is 3.42. The molecule has 0 rings (SSSR count). The molecular weight excluding hydrogens is 186 g/mol. The number of rotatable bonds is 9. The molecule has 0 aromatic carbocycles. The minimum atomic E-state index is -0.113. The van der Waals surface area contributed by atoms with Gasteiger partial charge in [-0.2, -0.15) is 0 Å². The molecule has 2 heteroatoms. The van der Waals surface area contributed by atoms with E-state index < -0.39 is 0 Å². The molecule has 0 aliphatic rings. The first-order chi connectivity index (χ1) is 7.10. The molecule has 0 saturated carbocycles. The molecule has 0 atom stereocenters. The predicted molar refractivity (Wildman–Crippen MR) is 66.0 cm³/mol. The van der Waals surface area contributed by atoms with E-state index in [0.29, 0.717) is 5.92 Å². The van der Waals surface area contributed by atoms with Crippen LogP contribution in [0, 0.1) is 11.3 Å². The van der Waals surface area contributed by atoms with Crippen LogP contribution in [0.5, 0.6) is 0 Å². The zero-order chi connectivity index (χ0) is 11.7. The maximum absolute atomic E-state index is 11.2. The SMILES string of the molecule is CCCC(C=O)(CCC)CNCC(C)C. The van der Waals surface area contributed by atoms with Crippen molar-refractivity contribution in [3.05, 3.63) is 0 Å². The molecule has 15 heavy (non-hydrogen) atoms. The fraction of sp³-hybridized carbons (Fsp3) is 0.923. The molecule has 0 heterocycles. The summed E-state index contributed by atoms with van der Waals surface area (Å²) in [5.74, 6) is 0.651. The lowest BCUT2D eigenvalue weighted by Crippen LogP contribution is -2.37. The first-order valence-corrected chi connectivity index (χ1v) is 6.27. The largest absolute Gasteiger partial charge is 0.315 e. The monoisotopic (exact) mass is 213 g/mol. The van der Waals surface area contributed by atoms with Crippen molar-refractivity contribution in [3.8, 4) is 0 Å². The van der Waals surface area contributed by atoms with Crippen molar-refractivity contribution in [1.82, 2.24) is 5.32 Å². The molecule has 0 aliphatic carbocycles. The van der Waals surface area contributed by atoms with E-state index >= 15 is 0 Å². The van der Waals surface area contributed by atoms with Gasteiger partial charge in [0.2, 0.25) is 0 Å². The third-order valence-electron chi connectivity index (χ3n) is 2.78. The van der Waals surface area contributed by atoms with Crippen molar-refractivity contribution in [2.45, 2.75) is 53.4 Å². The van der Waals surface area contributed by atoms with Crippen molar-refractivity contribution in [1.29, 1.82) is 0 Å². The summed E-state index contributed by atoms with van der Waals surface area (Å²) in [5.41, 5.74) is -0.113. The summed E-state index contributed by atoms with van der Waals surface area (Å²) in [6, 6.07) is 0. The molecule has 0 unspecified atom stereocenters. The average Bonchev–Trinajstić information content (AvgIpc) is 2.17. The van der Waals surface area contributed by atoms with Crippen LogP contribution in [-0.2, 0) is 4.79 Å². The molecule has 0 aromatic heterocycles. The maximum atomic E-state index is 11.2. The molecular formula is C13H27NO. The van der Waals surface area contributed by atoms with Crippen LogP contribution in [0.2, 0.25) is 0 Å². The maximum Gasteiger partial charge on any atom is 0.127 e. The Labute approximate surface area is 94.8 Å². The molecule has 1 N–H and O–H groups in total. The van der Waals surface area contributed by atoms with Crippen LogP contribution in [0.1, 0.15) is 53.4 Å². The standard InChI is InChI=1S/C13H27NO/c1-5-7-13(11-15,8-6-2)10-14-9-12(3)4/h11-12,14H,5-10H2,1-4H3. The topological polar surface area (TPSA) is 29.1 Å². The Morgan fingerprint density at radius 2 is 1.73 bits per heavy atom. The van der Waals surface area contributed by atoms with E-state index in [-0.39, 0.29) is 5.41 Å². The van der Waals surface area contributed by atoms with E-state index in [1.54, 1.807) is 0 Å². The van der Waals surface area contributed by atoms with Gasteiger partial charge in [-0.15, -0.1) is 0 Å². The second-order valence-corrected chi connectivity index (χ2v) is 5.00. The number of aldehydes is 1. The van der Waals surface area contributed by atoms with Crippen molar-refractivity contribution in [2.75, 3.05) is 13.1 Å². The predicted octanol–water partition coefficient (Wildman–Crippen LogP) is 3.02. The van der Waals surface area contributed by atoms with E-state index in [2.05, 4.69) is 33.0 Å². The Morgan fingerprint density at radius 1 is 1.20 bits per heavy atom. The van der Waals surface area contributed by atoms with Crippen molar-refractivity contribution < 1.29 is 4.79 Å². The van der Waals surface area contributed by atoms with E-state index in [0.717, 1.165) is 38.8 Å². The molecule has 2 nitrogen and oxygen atoms in total. The minimum Gasteiger partial charge on any atom is -0.315 e. The van der Waals surface area contributed by atoms with E-state index in [4.69, 9.17) is 0 Å². The van der Waals surface area contributed by atoms with Crippen LogP contribution in [0.15, 0.2) is 0 Å². The van der Waals surface area contributed by atoms with Crippen LogP contribution in [0.4, 0.5) is 0 Å². The molecule has 0 amide bonds. The number of carbonyl (C=O) groups is 1. The van der Waals surface area contributed by atoms with Crippen LogP contribution < -0.4 is 5.32 Å². The fourth-order valence-electron chi connectivity index (χ4n) is 2.07. The van der Waals surface area contributed by atoms with E-state index in [1.165, 1.54) is 6.29 Å². The van der Waals surface area contributed by atoms with Crippen LogP contribution in [0.3, 0.4) is 0 Å². The number of hydrogen-bond donors (Lipinski definition) is 1. The molecule has 0 radical (unpaired) electrons. The van der Waals surface area contributed by atoms with Crippen molar-refractivity contribution >= 4 is 6.29 Å². The van der Waals surface area contributed by atoms with E-state index in [1.807, 2.05) is 0 Å². The molecule has 0 fully saturated rings. The number of hydrogen-bond acceptors (Lipinski definition) is 2. The fourth-order valence-corrected chi connectivity index (χ4v) is 2.07. The molecule has 0 saturated heterocycles. The lowest BCUT2D eigenvalue weighted by molar-refractivity contribution is -0.116. The molecule has 0 aliphatic heterocycles. The summed E-state index contributed by atoms with van der Waals surface area (Å²) in [6.45, 7) is 10.5. The summed E-state index contributed by atoms with van der Waals surface area (Å²) in [4.78, 5) is 11.2. The number of carbonyl (C=O) groups excluding carboxylic acids is 1. The molecule has 90 valence electrons. The summed E-state index contributed by atoms with van der Waals surface area (Å²) >= 11 is 0. The van der Waals surface area contributed by atoms with Gasteiger partial charge in [0.25, 0.3) is 0 Å². The second-order valence-electron chi connectivity index (χ2n) is 5.00. The second kappa shape index (κ2) is 7.86. The van der Waals surface area contributed by atoms with Crippen molar-refractivity contribution in [2.24, 2.45) is 11.3 Å². The zero-order valence-electron chi connectivity index (χ0n) is 10.8. The van der Waals surface area contributed by atoms with Gasteiger partial charge in [-0.1, -0.05) is 40.5 Å². The lowest BCUT2D eigenvalue weighted by atomic mass is 9.80. The highest BCUT2D eigenvalue weighted by Crippen LogP contribution is 2.26. The molecule has 0 spiro atoms. The molecule has 0 bridgehead atoms. The van der Waals surface area contributed by atoms with Gasteiger partial charge in [0.05, 0.1) is 0 Å². The highest BCUT2D eigenvalue weighted by atomic mass is 16.1. The smallest absolute Gasteiger partial charge is 0.127 e. The van der Waals surface area contributed by atoms with Gasteiger partial charge in [-0.05, 0) is 25.3 Å². The third kappa shape index (κ3) is 5.93.